The number of nitrogens with zero attached hydrogens (tertiary/aromatic N) is 2. The smallest absolute Gasteiger partial charge is 0.271 e. The molecule has 2 aromatic heterocycles. The Morgan fingerprint density at radius 3 is 2.42 bits per heavy atom. The average Bonchev–Trinajstić information content (AvgIpc) is 3.42. The fourth-order valence-corrected chi connectivity index (χ4v) is 5.90. The highest BCUT2D eigenvalue weighted by atomic mass is 32.1. The first kappa shape index (κ1) is 22.0. The first-order valence-corrected chi connectivity index (χ1v) is 12.8. The van der Waals surface area contributed by atoms with Crippen molar-refractivity contribution in [1.29, 1.82) is 0 Å². The Hall–Kier alpha value is -2.86. The van der Waals surface area contributed by atoms with Gasteiger partial charge in [0, 0.05) is 16.6 Å². The maximum Gasteiger partial charge on any atom is 0.271 e. The lowest BCUT2D eigenvalue weighted by atomic mass is 9.93. The Bertz CT molecular complexity index is 1110. The van der Waals surface area contributed by atoms with Gasteiger partial charge in [-0.25, -0.2) is 0 Å². The Morgan fingerprint density at radius 2 is 1.73 bits per heavy atom. The van der Waals surface area contributed by atoms with Crippen molar-refractivity contribution >= 4 is 23.2 Å². The standard InChI is InChI=1S/C27H31N3O2S/c1-27(26(32)28-21-12-7-2-3-8-13-21)19-29-23(20-10-5-4-6-11-20)15-16-24(29)25(31)30(27)18-22-14-9-17-33-22/h4-6,9-11,14-17,21H,2-3,7-8,12-13,18-19H2,1H3,(H,28,32). The number of carbonyl (C=O) groups is 2. The Balaban J connectivity index is 1.51. The molecular formula is C27H31N3O2S. The fourth-order valence-electron chi connectivity index (χ4n) is 5.20. The lowest BCUT2D eigenvalue weighted by molar-refractivity contribution is -0.134. The van der Waals surface area contributed by atoms with E-state index in [9.17, 15) is 9.59 Å². The molecule has 1 N–H and O–H groups in total. The Morgan fingerprint density at radius 1 is 1.00 bits per heavy atom. The maximum absolute atomic E-state index is 13.8. The second-order valence-electron chi connectivity index (χ2n) is 9.46. The lowest BCUT2D eigenvalue weighted by Gasteiger charge is -2.44. The molecule has 0 spiro atoms. The third-order valence-electron chi connectivity index (χ3n) is 7.15. The van der Waals surface area contributed by atoms with Crippen LogP contribution in [0.4, 0.5) is 0 Å². The van der Waals surface area contributed by atoms with Crippen LogP contribution in [0.1, 0.15) is 60.8 Å². The lowest BCUT2D eigenvalue weighted by Crippen LogP contribution is -2.64. The number of benzene rings is 1. The quantitative estimate of drug-likeness (QED) is 0.512. The number of fused-ring (bicyclic) bond motifs is 1. The van der Waals surface area contributed by atoms with Crippen molar-refractivity contribution in [2.24, 2.45) is 0 Å². The topological polar surface area (TPSA) is 54.3 Å². The molecule has 5 nitrogen and oxygen atoms in total. The number of carbonyl (C=O) groups excluding carboxylic acids is 2. The third-order valence-corrected chi connectivity index (χ3v) is 8.01. The van der Waals surface area contributed by atoms with Crippen LogP contribution in [0.3, 0.4) is 0 Å². The molecule has 1 aliphatic carbocycles. The SMILES string of the molecule is CC1(C(=O)NC2CCCCCC2)Cn2c(ccc2-c2ccccc2)C(=O)N1Cc1cccs1. The van der Waals surface area contributed by atoms with Crippen LogP contribution in [0, 0.1) is 0 Å². The number of rotatable bonds is 5. The highest BCUT2D eigenvalue weighted by Crippen LogP contribution is 2.35. The zero-order chi connectivity index (χ0) is 22.8. The zero-order valence-electron chi connectivity index (χ0n) is 19.1. The molecule has 0 radical (unpaired) electrons. The Kier molecular flexibility index (Phi) is 6.11. The van der Waals surface area contributed by atoms with E-state index in [4.69, 9.17) is 0 Å². The van der Waals surface area contributed by atoms with Crippen molar-refractivity contribution in [3.05, 3.63) is 70.5 Å². The summed E-state index contributed by atoms with van der Waals surface area (Å²) < 4.78 is 2.04. The van der Waals surface area contributed by atoms with E-state index in [1.807, 2.05) is 71.5 Å². The highest BCUT2D eigenvalue weighted by Gasteiger charge is 2.48. The first-order valence-electron chi connectivity index (χ1n) is 12.0. The molecule has 3 heterocycles. The molecule has 1 atom stereocenters. The van der Waals surface area contributed by atoms with Crippen LogP contribution in [0.15, 0.2) is 60.0 Å². The number of nitrogens with one attached hydrogen (secondary N) is 1. The Labute approximate surface area is 199 Å². The van der Waals surface area contributed by atoms with Crippen molar-refractivity contribution in [2.75, 3.05) is 0 Å². The van der Waals surface area contributed by atoms with Crippen LogP contribution in [-0.2, 0) is 17.9 Å². The minimum atomic E-state index is -0.969. The van der Waals surface area contributed by atoms with E-state index in [1.165, 1.54) is 12.8 Å². The van der Waals surface area contributed by atoms with Gasteiger partial charge in [-0.05, 0) is 48.9 Å². The van der Waals surface area contributed by atoms with E-state index >= 15 is 0 Å². The van der Waals surface area contributed by atoms with Gasteiger partial charge in [0.15, 0.2) is 0 Å². The predicted molar refractivity (Wildman–Crippen MR) is 132 cm³/mol. The van der Waals surface area contributed by atoms with Gasteiger partial charge in [0.05, 0.1) is 13.1 Å². The molecule has 0 saturated heterocycles. The normalized spacial score (nSPS) is 21.5. The summed E-state index contributed by atoms with van der Waals surface area (Å²) in [5.41, 5.74) is 1.70. The summed E-state index contributed by atoms with van der Waals surface area (Å²) in [6.07, 6.45) is 6.81. The van der Waals surface area contributed by atoms with Gasteiger partial charge in [-0.2, -0.15) is 0 Å². The van der Waals surface area contributed by atoms with E-state index in [1.54, 1.807) is 16.2 Å². The molecule has 33 heavy (non-hydrogen) atoms. The van der Waals surface area contributed by atoms with Crippen molar-refractivity contribution in [3.63, 3.8) is 0 Å². The predicted octanol–water partition coefficient (Wildman–Crippen LogP) is 5.47. The zero-order valence-corrected chi connectivity index (χ0v) is 19.9. The molecule has 1 aromatic carbocycles. The number of amides is 2. The van der Waals surface area contributed by atoms with Crippen LogP contribution in [-0.4, -0.2) is 32.9 Å². The van der Waals surface area contributed by atoms with Gasteiger partial charge >= 0.3 is 0 Å². The van der Waals surface area contributed by atoms with E-state index in [2.05, 4.69) is 5.32 Å². The van der Waals surface area contributed by atoms with Crippen LogP contribution < -0.4 is 5.32 Å². The van der Waals surface area contributed by atoms with Crippen molar-refractivity contribution in [1.82, 2.24) is 14.8 Å². The second-order valence-corrected chi connectivity index (χ2v) is 10.5. The number of aromatic nitrogens is 1. The molecule has 2 amide bonds. The fraction of sp³-hybridized carbons (Fsp3) is 0.407. The van der Waals surface area contributed by atoms with Crippen molar-refractivity contribution in [3.8, 4) is 11.3 Å². The summed E-state index contributed by atoms with van der Waals surface area (Å²) in [6.45, 7) is 2.81. The molecule has 3 aromatic rings. The van der Waals surface area contributed by atoms with Crippen LogP contribution >= 0.6 is 11.3 Å². The monoisotopic (exact) mass is 461 g/mol. The molecule has 0 bridgehead atoms. The van der Waals surface area contributed by atoms with Crippen LogP contribution in [0.5, 0.6) is 0 Å². The molecule has 6 heteroatoms. The summed E-state index contributed by atoms with van der Waals surface area (Å²) in [7, 11) is 0. The van der Waals surface area contributed by atoms with Gasteiger partial charge in [0.1, 0.15) is 11.2 Å². The molecular weight excluding hydrogens is 430 g/mol. The third kappa shape index (κ3) is 4.24. The van der Waals surface area contributed by atoms with E-state index in [0.29, 0.717) is 18.8 Å². The largest absolute Gasteiger partial charge is 0.351 e. The summed E-state index contributed by atoms with van der Waals surface area (Å²) in [4.78, 5) is 30.5. The minimum absolute atomic E-state index is 0.0438. The summed E-state index contributed by atoms with van der Waals surface area (Å²) in [6, 6.07) is 18.2. The first-order chi connectivity index (χ1) is 16.1. The van der Waals surface area contributed by atoms with E-state index < -0.39 is 5.54 Å². The summed E-state index contributed by atoms with van der Waals surface area (Å²) in [5, 5.41) is 5.36. The average molecular weight is 462 g/mol. The van der Waals surface area contributed by atoms with Gasteiger partial charge < -0.3 is 14.8 Å². The number of hydrogen-bond donors (Lipinski definition) is 1. The van der Waals surface area contributed by atoms with Crippen LogP contribution in [0.25, 0.3) is 11.3 Å². The number of thiophene rings is 1. The van der Waals surface area contributed by atoms with Gasteiger partial charge in [0.2, 0.25) is 5.91 Å². The van der Waals surface area contributed by atoms with E-state index in [-0.39, 0.29) is 17.9 Å². The van der Waals surface area contributed by atoms with Gasteiger partial charge in [0.25, 0.3) is 5.91 Å². The molecule has 5 rings (SSSR count). The van der Waals surface area contributed by atoms with E-state index in [0.717, 1.165) is 41.8 Å². The maximum atomic E-state index is 13.8. The molecule has 1 fully saturated rings. The summed E-state index contributed by atoms with van der Waals surface area (Å²) in [5.74, 6) is -0.131. The van der Waals surface area contributed by atoms with Gasteiger partial charge in [-0.3, -0.25) is 9.59 Å². The minimum Gasteiger partial charge on any atom is -0.351 e. The molecule has 172 valence electrons. The number of hydrogen-bond acceptors (Lipinski definition) is 3. The molecule has 1 saturated carbocycles. The highest BCUT2D eigenvalue weighted by molar-refractivity contribution is 7.09. The van der Waals surface area contributed by atoms with Gasteiger partial charge in [-0.1, -0.05) is 62.1 Å². The summed E-state index contributed by atoms with van der Waals surface area (Å²) >= 11 is 1.62. The van der Waals surface area contributed by atoms with Gasteiger partial charge in [-0.15, -0.1) is 11.3 Å². The molecule has 1 aliphatic heterocycles. The van der Waals surface area contributed by atoms with Crippen molar-refractivity contribution < 1.29 is 9.59 Å². The van der Waals surface area contributed by atoms with Crippen molar-refractivity contribution in [2.45, 2.75) is 70.1 Å². The molecule has 2 aliphatic rings. The molecule has 1 unspecified atom stereocenters. The second kappa shape index (κ2) is 9.18. The van der Waals surface area contributed by atoms with Crippen LogP contribution in [0.2, 0.25) is 0 Å².